The number of nitro groups is 1. The standard InChI is InChI=1S/C20H22FN3O5S/c1-22(14-15-5-4-6-17(13-15)24(26)27)20(25)16-9-11-23(12-10-16)30(28,29)19-8-3-2-7-18(19)21/h2-8,13,16H,9-12,14H2,1H3. The number of amides is 1. The number of rotatable bonds is 6. The number of nitrogens with zero attached hydrogens (tertiary/aromatic N) is 3. The zero-order valence-corrected chi connectivity index (χ0v) is 17.2. The molecule has 0 spiro atoms. The van der Waals surface area contributed by atoms with E-state index < -0.39 is 20.8 Å². The van der Waals surface area contributed by atoms with Crippen LogP contribution < -0.4 is 0 Å². The summed E-state index contributed by atoms with van der Waals surface area (Å²) in [6, 6.07) is 11.3. The molecule has 1 saturated heterocycles. The van der Waals surface area contributed by atoms with E-state index in [0.717, 1.165) is 6.07 Å². The van der Waals surface area contributed by atoms with Gasteiger partial charge in [0.2, 0.25) is 15.9 Å². The molecule has 1 aliphatic heterocycles. The molecule has 1 amide bonds. The molecule has 0 saturated carbocycles. The molecular formula is C20H22FN3O5S. The van der Waals surface area contributed by atoms with Gasteiger partial charge in [-0.2, -0.15) is 4.31 Å². The molecule has 1 fully saturated rings. The Kier molecular flexibility index (Phi) is 6.47. The van der Waals surface area contributed by atoms with Crippen molar-refractivity contribution in [2.45, 2.75) is 24.3 Å². The Morgan fingerprint density at radius 2 is 1.87 bits per heavy atom. The molecule has 0 aromatic heterocycles. The number of non-ortho nitro benzene ring substituents is 1. The molecule has 2 aromatic carbocycles. The summed E-state index contributed by atoms with van der Waals surface area (Å²) in [5, 5.41) is 10.9. The van der Waals surface area contributed by atoms with Crippen molar-refractivity contribution in [3.05, 3.63) is 70.0 Å². The first-order valence-corrected chi connectivity index (χ1v) is 10.9. The summed E-state index contributed by atoms with van der Waals surface area (Å²) in [7, 11) is -2.34. The molecule has 0 atom stereocenters. The van der Waals surface area contributed by atoms with Gasteiger partial charge in [0, 0.05) is 44.7 Å². The van der Waals surface area contributed by atoms with Gasteiger partial charge in [0.05, 0.1) is 4.92 Å². The van der Waals surface area contributed by atoms with Crippen molar-refractivity contribution in [1.29, 1.82) is 0 Å². The fraction of sp³-hybridized carbons (Fsp3) is 0.350. The predicted octanol–water partition coefficient (Wildman–Crippen LogP) is 2.79. The van der Waals surface area contributed by atoms with E-state index in [1.807, 2.05) is 0 Å². The number of carbonyl (C=O) groups is 1. The van der Waals surface area contributed by atoms with Crippen LogP contribution >= 0.6 is 0 Å². The van der Waals surface area contributed by atoms with Gasteiger partial charge in [-0.3, -0.25) is 14.9 Å². The molecule has 0 unspecified atom stereocenters. The Morgan fingerprint density at radius 3 is 2.50 bits per heavy atom. The van der Waals surface area contributed by atoms with Crippen molar-refractivity contribution in [1.82, 2.24) is 9.21 Å². The van der Waals surface area contributed by atoms with Crippen LogP contribution in [-0.2, 0) is 21.4 Å². The monoisotopic (exact) mass is 435 g/mol. The van der Waals surface area contributed by atoms with Crippen LogP contribution in [0, 0.1) is 21.8 Å². The number of hydrogen-bond acceptors (Lipinski definition) is 5. The number of sulfonamides is 1. The van der Waals surface area contributed by atoms with Gasteiger partial charge in [0.1, 0.15) is 10.7 Å². The minimum absolute atomic E-state index is 0.0417. The van der Waals surface area contributed by atoms with Crippen LogP contribution in [0.25, 0.3) is 0 Å². The lowest BCUT2D eigenvalue weighted by Gasteiger charge is -2.32. The Bertz CT molecular complexity index is 1050. The maximum Gasteiger partial charge on any atom is 0.269 e. The van der Waals surface area contributed by atoms with Crippen LogP contribution in [0.3, 0.4) is 0 Å². The Morgan fingerprint density at radius 1 is 1.20 bits per heavy atom. The van der Waals surface area contributed by atoms with Gasteiger partial charge in [0.25, 0.3) is 5.69 Å². The fourth-order valence-corrected chi connectivity index (χ4v) is 5.10. The molecule has 0 N–H and O–H groups in total. The quantitative estimate of drug-likeness (QED) is 0.513. The first-order chi connectivity index (χ1) is 14.2. The van der Waals surface area contributed by atoms with E-state index in [1.165, 1.54) is 39.5 Å². The molecule has 8 nitrogen and oxygen atoms in total. The zero-order chi connectivity index (χ0) is 21.9. The average Bonchev–Trinajstić information content (AvgIpc) is 2.73. The number of piperidine rings is 1. The Balaban J connectivity index is 1.62. The third-order valence-corrected chi connectivity index (χ3v) is 7.11. The van der Waals surface area contributed by atoms with E-state index in [-0.39, 0.29) is 42.0 Å². The van der Waals surface area contributed by atoms with Gasteiger partial charge in [0.15, 0.2) is 0 Å². The van der Waals surface area contributed by atoms with E-state index in [4.69, 9.17) is 0 Å². The van der Waals surface area contributed by atoms with Crippen LogP contribution in [0.5, 0.6) is 0 Å². The van der Waals surface area contributed by atoms with Crippen molar-refractivity contribution in [3.8, 4) is 0 Å². The Hall–Kier alpha value is -2.85. The predicted molar refractivity (Wildman–Crippen MR) is 107 cm³/mol. The topological polar surface area (TPSA) is 101 Å². The third-order valence-electron chi connectivity index (χ3n) is 5.17. The molecular weight excluding hydrogens is 413 g/mol. The van der Waals surface area contributed by atoms with Gasteiger partial charge < -0.3 is 4.90 Å². The minimum atomic E-state index is -3.95. The smallest absolute Gasteiger partial charge is 0.269 e. The molecule has 160 valence electrons. The van der Waals surface area contributed by atoms with Gasteiger partial charge in [-0.05, 0) is 30.5 Å². The molecule has 0 radical (unpaired) electrons. The van der Waals surface area contributed by atoms with E-state index in [9.17, 15) is 27.7 Å². The molecule has 0 bridgehead atoms. The van der Waals surface area contributed by atoms with Crippen molar-refractivity contribution < 1.29 is 22.5 Å². The molecule has 30 heavy (non-hydrogen) atoms. The molecule has 10 heteroatoms. The zero-order valence-electron chi connectivity index (χ0n) is 16.4. The first-order valence-electron chi connectivity index (χ1n) is 9.43. The van der Waals surface area contributed by atoms with Crippen molar-refractivity contribution in [2.75, 3.05) is 20.1 Å². The van der Waals surface area contributed by atoms with Gasteiger partial charge >= 0.3 is 0 Å². The lowest BCUT2D eigenvalue weighted by molar-refractivity contribution is -0.384. The highest BCUT2D eigenvalue weighted by atomic mass is 32.2. The molecule has 3 rings (SSSR count). The second-order valence-electron chi connectivity index (χ2n) is 7.23. The maximum atomic E-state index is 13.9. The van der Waals surface area contributed by atoms with Crippen LogP contribution in [0.1, 0.15) is 18.4 Å². The second kappa shape index (κ2) is 8.88. The number of halogens is 1. The highest BCUT2D eigenvalue weighted by molar-refractivity contribution is 7.89. The Labute approximate surface area is 174 Å². The van der Waals surface area contributed by atoms with Crippen LogP contribution in [0.15, 0.2) is 53.4 Å². The lowest BCUT2D eigenvalue weighted by atomic mass is 9.96. The number of nitro benzene ring substituents is 1. The summed E-state index contributed by atoms with van der Waals surface area (Å²) in [4.78, 5) is 24.3. The molecule has 1 aliphatic rings. The molecule has 1 heterocycles. The highest BCUT2D eigenvalue weighted by Gasteiger charge is 2.34. The van der Waals surface area contributed by atoms with Crippen LogP contribution in [0.2, 0.25) is 0 Å². The number of hydrogen-bond donors (Lipinski definition) is 0. The van der Waals surface area contributed by atoms with Crippen molar-refractivity contribution >= 4 is 21.6 Å². The maximum absolute atomic E-state index is 13.9. The third kappa shape index (κ3) is 4.65. The van der Waals surface area contributed by atoms with Gasteiger partial charge in [-0.25, -0.2) is 12.8 Å². The summed E-state index contributed by atoms with van der Waals surface area (Å²) in [6.07, 6.45) is 0.650. The minimum Gasteiger partial charge on any atom is -0.341 e. The van der Waals surface area contributed by atoms with Crippen LogP contribution in [0.4, 0.5) is 10.1 Å². The number of carbonyl (C=O) groups excluding carboxylic acids is 1. The summed E-state index contributed by atoms with van der Waals surface area (Å²) in [5.74, 6) is -1.31. The number of benzene rings is 2. The lowest BCUT2D eigenvalue weighted by Crippen LogP contribution is -2.43. The summed E-state index contributed by atoms with van der Waals surface area (Å²) >= 11 is 0. The second-order valence-corrected chi connectivity index (χ2v) is 9.14. The normalized spacial score (nSPS) is 15.7. The van der Waals surface area contributed by atoms with E-state index in [0.29, 0.717) is 18.4 Å². The molecule has 2 aromatic rings. The van der Waals surface area contributed by atoms with E-state index >= 15 is 0 Å². The van der Waals surface area contributed by atoms with E-state index in [2.05, 4.69) is 0 Å². The SMILES string of the molecule is CN(Cc1cccc([N+](=O)[O-])c1)C(=O)C1CCN(S(=O)(=O)c2ccccc2F)CC1. The van der Waals surface area contributed by atoms with E-state index in [1.54, 1.807) is 19.2 Å². The van der Waals surface area contributed by atoms with Crippen LogP contribution in [-0.4, -0.2) is 48.6 Å². The highest BCUT2D eigenvalue weighted by Crippen LogP contribution is 2.26. The van der Waals surface area contributed by atoms with Crippen molar-refractivity contribution in [3.63, 3.8) is 0 Å². The molecule has 0 aliphatic carbocycles. The van der Waals surface area contributed by atoms with Gasteiger partial charge in [-0.15, -0.1) is 0 Å². The summed E-state index contributed by atoms with van der Waals surface area (Å²) in [5.41, 5.74) is 0.597. The van der Waals surface area contributed by atoms with Gasteiger partial charge in [-0.1, -0.05) is 24.3 Å². The average molecular weight is 435 g/mol. The fourth-order valence-electron chi connectivity index (χ4n) is 3.57. The largest absolute Gasteiger partial charge is 0.341 e. The summed E-state index contributed by atoms with van der Waals surface area (Å²) in [6.45, 7) is 0.462. The summed E-state index contributed by atoms with van der Waals surface area (Å²) < 4.78 is 40.5. The first kappa shape index (κ1) is 21.8. The van der Waals surface area contributed by atoms with Crippen molar-refractivity contribution in [2.24, 2.45) is 5.92 Å².